The van der Waals surface area contributed by atoms with Gasteiger partial charge in [0.25, 0.3) is 0 Å². The van der Waals surface area contributed by atoms with Crippen molar-refractivity contribution in [1.29, 1.82) is 0 Å². The normalized spacial score (nSPS) is 10.3. The van der Waals surface area contributed by atoms with Crippen LogP contribution in [-0.4, -0.2) is 30.5 Å². The smallest absolute Gasteiger partial charge is 0.325 e. The lowest BCUT2D eigenvalue weighted by Gasteiger charge is -2.02. The number of amides is 1. The number of hydrogen-bond donors (Lipinski definition) is 1. The van der Waals surface area contributed by atoms with Gasteiger partial charge in [-0.1, -0.05) is 6.07 Å². The van der Waals surface area contributed by atoms with Gasteiger partial charge in [-0.25, -0.2) is 4.98 Å². The van der Waals surface area contributed by atoms with E-state index in [9.17, 15) is 9.59 Å². The average molecular weight is 294 g/mol. The first-order valence-corrected chi connectivity index (χ1v) is 6.82. The molecule has 0 aromatic carbocycles. The summed E-state index contributed by atoms with van der Waals surface area (Å²) in [5.74, 6) is 0.314. The van der Waals surface area contributed by atoms with Crippen molar-refractivity contribution in [3.63, 3.8) is 0 Å². The highest BCUT2D eigenvalue weighted by Crippen LogP contribution is 2.25. The highest BCUT2D eigenvalue weighted by Gasteiger charge is 2.15. The lowest BCUT2D eigenvalue weighted by Crippen LogP contribution is -2.31. The van der Waals surface area contributed by atoms with Crippen LogP contribution in [0.25, 0.3) is 10.8 Å². The lowest BCUT2D eigenvalue weighted by molar-refractivity contribution is -0.141. The van der Waals surface area contributed by atoms with Crippen LogP contribution in [0.1, 0.15) is 11.5 Å². The topological polar surface area (TPSA) is 81.4 Å². The molecule has 0 saturated carbocycles. The average Bonchev–Trinajstić information content (AvgIpc) is 3.06. The molecule has 0 radical (unpaired) electrons. The largest absolute Gasteiger partial charge is 0.468 e. The third-order valence-corrected chi connectivity index (χ3v) is 3.47. The predicted molar refractivity (Wildman–Crippen MR) is 73.3 cm³/mol. The number of methoxy groups -OCH3 is 1. The summed E-state index contributed by atoms with van der Waals surface area (Å²) in [6.45, 7) is 1.61. The molecule has 1 amide bonds. The van der Waals surface area contributed by atoms with E-state index >= 15 is 0 Å². The molecule has 0 aliphatic rings. The van der Waals surface area contributed by atoms with Gasteiger partial charge in [-0.15, -0.1) is 11.3 Å². The molecule has 7 heteroatoms. The van der Waals surface area contributed by atoms with E-state index in [4.69, 9.17) is 4.42 Å². The number of carbonyl (C=O) groups excluding carboxylic acids is 2. The van der Waals surface area contributed by atoms with Crippen LogP contribution in [-0.2, 0) is 20.7 Å². The molecule has 0 aliphatic heterocycles. The van der Waals surface area contributed by atoms with Crippen LogP contribution in [0, 0.1) is 6.92 Å². The summed E-state index contributed by atoms with van der Waals surface area (Å²) >= 11 is 1.52. The van der Waals surface area contributed by atoms with Gasteiger partial charge < -0.3 is 14.5 Å². The number of aromatic nitrogens is 1. The van der Waals surface area contributed by atoms with Crippen molar-refractivity contribution in [2.75, 3.05) is 13.7 Å². The number of nitrogens with zero attached hydrogens (tertiary/aromatic N) is 1. The zero-order valence-electron chi connectivity index (χ0n) is 11.1. The minimum absolute atomic E-state index is 0.0672. The van der Waals surface area contributed by atoms with Gasteiger partial charge in [0.15, 0.2) is 0 Å². The fourth-order valence-corrected chi connectivity index (χ4v) is 2.20. The van der Waals surface area contributed by atoms with Gasteiger partial charge in [0.2, 0.25) is 11.8 Å². The summed E-state index contributed by atoms with van der Waals surface area (Å²) in [6, 6.07) is 3.80. The zero-order valence-corrected chi connectivity index (χ0v) is 12.0. The quantitative estimate of drug-likeness (QED) is 0.846. The molecule has 0 atom stereocenters. The Kier molecular flexibility index (Phi) is 4.52. The van der Waals surface area contributed by atoms with Gasteiger partial charge in [-0.2, -0.15) is 0 Å². The minimum Gasteiger partial charge on any atom is -0.468 e. The third-order valence-electron chi connectivity index (χ3n) is 2.61. The van der Waals surface area contributed by atoms with Crippen LogP contribution in [0.3, 0.4) is 0 Å². The van der Waals surface area contributed by atoms with Crippen LogP contribution in [0.2, 0.25) is 0 Å². The Balaban J connectivity index is 1.99. The van der Waals surface area contributed by atoms with Crippen LogP contribution in [0.4, 0.5) is 0 Å². The maximum atomic E-state index is 11.7. The van der Waals surface area contributed by atoms with E-state index in [1.165, 1.54) is 18.4 Å². The second kappa shape index (κ2) is 6.33. The van der Waals surface area contributed by atoms with Crippen LogP contribution < -0.4 is 5.32 Å². The zero-order chi connectivity index (χ0) is 14.5. The molecule has 2 rings (SSSR count). The summed E-state index contributed by atoms with van der Waals surface area (Å²) in [5.41, 5.74) is 0.566. The van der Waals surface area contributed by atoms with Crippen molar-refractivity contribution < 1.29 is 18.7 Å². The third kappa shape index (κ3) is 3.45. The summed E-state index contributed by atoms with van der Waals surface area (Å²) in [6.07, 6.45) is 0.0672. The number of rotatable bonds is 5. The summed E-state index contributed by atoms with van der Waals surface area (Å²) in [4.78, 5) is 27.8. The van der Waals surface area contributed by atoms with Crippen LogP contribution in [0.5, 0.6) is 0 Å². The van der Waals surface area contributed by atoms with Gasteiger partial charge >= 0.3 is 5.97 Å². The standard InChI is InChI=1S/C13H14N2O4S/c1-8-9(6-11(16)14-7-12(17)18-2)15-13(19-8)10-4-3-5-20-10/h3-5H,6-7H2,1-2H3,(H,14,16). The lowest BCUT2D eigenvalue weighted by atomic mass is 10.2. The Hall–Kier alpha value is -2.15. The number of ether oxygens (including phenoxy) is 1. The molecule has 0 saturated heterocycles. The van der Waals surface area contributed by atoms with Crippen LogP contribution >= 0.6 is 11.3 Å². The number of nitrogens with one attached hydrogen (secondary N) is 1. The Labute approximate surface area is 119 Å². The van der Waals surface area contributed by atoms with E-state index in [0.717, 1.165) is 4.88 Å². The van der Waals surface area contributed by atoms with Gasteiger partial charge in [-0.3, -0.25) is 9.59 Å². The van der Waals surface area contributed by atoms with Gasteiger partial charge in [-0.05, 0) is 18.4 Å². The molecule has 0 aliphatic carbocycles. The molecule has 2 heterocycles. The number of esters is 1. The predicted octanol–water partition coefficient (Wildman–Crippen LogP) is 1.54. The number of thiophene rings is 1. The van der Waals surface area contributed by atoms with Gasteiger partial charge in [0, 0.05) is 0 Å². The van der Waals surface area contributed by atoms with Crippen molar-refractivity contribution in [3.05, 3.63) is 29.0 Å². The Bertz CT molecular complexity index is 604. The Morgan fingerprint density at radius 1 is 1.50 bits per heavy atom. The second-order valence-electron chi connectivity index (χ2n) is 4.03. The first-order valence-electron chi connectivity index (χ1n) is 5.94. The fraction of sp³-hybridized carbons (Fsp3) is 0.308. The van der Waals surface area contributed by atoms with Crippen molar-refractivity contribution >= 4 is 23.2 Å². The summed E-state index contributed by atoms with van der Waals surface area (Å²) < 4.78 is 9.98. The Morgan fingerprint density at radius 2 is 2.30 bits per heavy atom. The van der Waals surface area contributed by atoms with E-state index in [0.29, 0.717) is 17.3 Å². The van der Waals surface area contributed by atoms with E-state index in [-0.39, 0.29) is 18.9 Å². The molecule has 1 N–H and O–H groups in total. The number of aryl methyl sites for hydroxylation is 1. The van der Waals surface area contributed by atoms with Crippen molar-refractivity contribution in [2.24, 2.45) is 0 Å². The minimum atomic E-state index is -0.491. The van der Waals surface area contributed by atoms with Gasteiger partial charge in [0.1, 0.15) is 12.3 Å². The maximum Gasteiger partial charge on any atom is 0.325 e. The van der Waals surface area contributed by atoms with Crippen molar-refractivity contribution in [2.45, 2.75) is 13.3 Å². The van der Waals surface area contributed by atoms with Crippen molar-refractivity contribution in [3.8, 4) is 10.8 Å². The highest BCUT2D eigenvalue weighted by molar-refractivity contribution is 7.13. The molecule has 20 heavy (non-hydrogen) atoms. The molecule has 0 unspecified atom stereocenters. The Morgan fingerprint density at radius 3 is 2.95 bits per heavy atom. The molecule has 2 aromatic heterocycles. The van der Waals surface area contributed by atoms with Gasteiger partial charge in [0.05, 0.1) is 24.1 Å². The number of carbonyl (C=O) groups is 2. The molecule has 106 valence electrons. The molecule has 0 bridgehead atoms. The monoisotopic (exact) mass is 294 g/mol. The highest BCUT2D eigenvalue weighted by atomic mass is 32.1. The number of hydrogen-bond acceptors (Lipinski definition) is 6. The fourth-order valence-electron chi connectivity index (χ4n) is 1.56. The maximum absolute atomic E-state index is 11.7. The van der Waals surface area contributed by atoms with E-state index in [2.05, 4.69) is 15.0 Å². The summed E-state index contributed by atoms with van der Waals surface area (Å²) in [7, 11) is 1.27. The molecular formula is C13H14N2O4S. The van der Waals surface area contributed by atoms with E-state index < -0.39 is 5.97 Å². The molecule has 0 spiro atoms. The first-order chi connectivity index (χ1) is 9.60. The SMILES string of the molecule is COC(=O)CNC(=O)Cc1nc(-c2cccs2)oc1C. The summed E-state index contributed by atoms with van der Waals surface area (Å²) in [5, 5.41) is 4.39. The first kappa shape index (κ1) is 14.3. The second-order valence-corrected chi connectivity index (χ2v) is 4.98. The van der Waals surface area contributed by atoms with E-state index in [1.54, 1.807) is 6.92 Å². The number of oxazole rings is 1. The molecule has 0 fully saturated rings. The molecular weight excluding hydrogens is 280 g/mol. The molecule has 2 aromatic rings. The van der Waals surface area contributed by atoms with Crippen molar-refractivity contribution in [1.82, 2.24) is 10.3 Å². The molecule has 6 nitrogen and oxygen atoms in total. The van der Waals surface area contributed by atoms with E-state index in [1.807, 2.05) is 17.5 Å². The van der Waals surface area contributed by atoms with Crippen LogP contribution in [0.15, 0.2) is 21.9 Å².